The first-order chi connectivity index (χ1) is 6.20. The molecular weight excluding hydrogens is 160 g/mol. The number of aliphatic hydroxyl groups excluding tert-OH is 1. The van der Waals surface area contributed by atoms with Crippen molar-refractivity contribution in [1.82, 2.24) is 0 Å². The van der Waals surface area contributed by atoms with Crippen molar-refractivity contribution in [2.45, 2.75) is 71.8 Å². The summed E-state index contributed by atoms with van der Waals surface area (Å²) < 4.78 is 0. The highest BCUT2D eigenvalue weighted by atomic mass is 16.3. The molecule has 2 atom stereocenters. The smallest absolute Gasteiger partial charge is 0.0540 e. The van der Waals surface area contributed by atoms with Crippen LogP contribution in [0, 0.1) is 5.92 Å². The third-order valence-electron chi connectivity index (χ3n) is 2.83. The minimum Gasteiger partial charge on any atom is -0.393 e. The van der Waals surface area contributed by atoms with Crippen molar-refractivity contribution < 1.29 is 5.11 Å². The molecule has 1 nitrogen and oxygen atoms in total. The maximum Gasteiger partial charge on any atom is 0.0540 e. The number of rotatable bonds is 8. The van der Waals surface area contributed by atoms with Crippen molar-refractivity contribution in [1.29, 1.82) is 0 Å². The van der Waals surface area contributed by atoms with Gasteiger partial charge in [-0.2, -0.15) is 0 Å². The molecule has 1 heteroatoms. The first-order valence-corrected chi connectivity index (χ1v) is 5.88. The van der Waals surface area contributed by atoms with Gasteiger partial charge in [0.2, 0.25) is 0 Å². The molecule has 0 spiro atoms. The average molecular weight is 186 g/mol. The summed E-state index contributed by atoms with van der Waals surface area (Å²) in [4.78, 5) is 0. The van der Waals surface area contributed by atoms with E-state index >= 15 is 0 Å². The van der Waals surface area contributed by atoms with E-state index in [1.54, 1.807) is 0 Å². The van der Waals surface area contributed by atoms with E-state index in [1.807, 2.05) is 0 Å². The molecule has 2 unspecified atom stereocenters. The lowest BCUT2D eigenvalue weighted by atomic mass is 9.98. The van der Waals surface area contributed by atoms with Crippen LogP contribution >= 0.6 is 0 Å². The van der Waals surface area contributed by atoms with Crippen LogP contribution in [-0.4, -0.2) is 11.2 Å². The van der Waals surface area contributed by atoms with Gasteiger partial charge in [-0.05, 0) is 25.2 Å². The second-order valence-corrected chi connectivity index (χ2v) is 4.24. The number of hydrogen-bond donors (Lipinski definition) is 1. The summed E-state index contributed by atoms with van der Waals surface area (Å²) in [7, 11) is 0. The van der Waals surface area contributed by atoms with Gasteiger partial charge in [-0.25, -0.2) is 0 Å². The van der Waals surface area contributed by atoms with Crippen LogP contribution in [0.4, 0.5) is 0 Å². The summed E-state index contributed by atoms with van der Waals surface area (Å²) in [5, 5.41) is 9.62. The quantitative estimate of drug-likeness (QED) is 0.572. The van der Waals surface area contributed by atoms with Crippen molar-refractivity contribution in [3.05, 3.63) is 0 Å². The normalized spacial score (nSPS) is 15.7. The summed E-state index contributed by atoms with van der Waals surface area (Å²) in [5.74, 6) is 0.779. The molecule has 0 aliphatic rings. The zero-order valence-corrected chi connectivity index (χ0v) is 9.55. The first kappa shape index (κ1) is 13.0. The van der Waals surface area contributed by atoms with E-state index in [9.17, 15) is 5.11 Å². The molecule has 0 aromatic carbocycles. The van der Waals surface area contributed by atoms with E-state index in [0.29, 0.717) is 0 Å². The van der Waals surface area contributed by atoms with E-state index in [4.69, 9.17) is 0 Å². The summed E-state index contributed by atoms with van der Waals surface area (Å²) in [6, 6.07) is 0. The van der Waals surface area contributed by atoms with Crippen molar-refractivity contribution >= 4 is 0 Å². The molecule has 0 radical (unpaired) electrons. The Kier molecular flexibility index (Phi) is 8.53. The van der Waals surface area contributed by atoms with Crippen molar-refractivity contribution in [2.24, 2.45) is 5.92 Å². The van der Waals surface area contributed by atoms with Gasteiger partial charge in [0.1, 0.15) is 0 Å². The second kappa shape index (κ2) is 8.55. The Morgan fingerprint density at radius 1 is 1.00 bits per heavy atom. The molecule has 0 saturated carbocycles. The van der Waals surface area contributed by atoms with Crippen molar-refractivity contribution in [3.8, 4) is 0 Å². The molecule has 1 N–H and O–H groups in total. The highest BCUT2D eigenvalue weighted by Gasteiger charge is 2.06. The Hall–Kier alpha value is -0.0400. The molecule has 0 bridgehead atoms. The Balaban J connectivity index is 3.24. The minimum absolute atomic E-state index is 0.0412. The predicted octanol–water partition coefficient (Wildman–Crippen LogP) is 3.75. The molecule has 0 aromatic heterocycles. The topological polar surface area (TPSA) is 20.2 Å². The van der Waals surface area contributed by atoms with Crippen LogP contribution < -0.4 is 0 Å². The maximum absolute atomic E-state index is 9.62. The average Bonchev–Trinajstić information content (AvgIpc) is 2.14. The van der Waals surface area contributed by atoms with Gasteiger partial charge in [-0.15, -0.1) is 0 Å². The number of hydrogen-bond acceptors (Lipinski definition) is 1. The Morgan fingerprint density at radius 3 is 2.23 bits per heavy atom. The Bertz CT molecular complexity index is 101. The number of aliphatic hydroxyl groups is 1. The minimum atomic E-state index is -0.0412. The van der Waals surface area contributed by atoms with Crippen LogP contribution in [0.5, 0.6) is 0 Å². The third-order valence-corrected chi connectivity index (χ3v) is 2.83. The molecule has 0 aromatic rings. The summed E-state index contributed by atoms with van der Waals surface area (Å²) in [5.41, 5.74) is 0. The summed E-state index contributed by atoms with van der Waals surface area (Å²) in [6.45, 7) is 6.68. The largest absolute Gasteiger partial charge is 0.393 e. The van der Waals surface area contributed by atoms with Gasteiger partial charge < -0.3 is 5.11 Å². The van der Waals surface area contributed by atoms with E-state index in [-0.39, 0.29) is 6.10 Å². The van der Waals surface area contributed by atoms with Crippen LogP contribution in [-0.2, 0) is 0 Å². The summed E-state index contributed by atoms with van der Waals surface area (Å²) >= 11 is 0. The molecule has 80 valence electrons. The molecule has 0 aliphatic heterocycles. The standard InChI is InChI=1S/C12H26O/c1-4-6-7-8-12(13)10-9-11(3)5-2/h11-13H,4-10H2,1-3H3. The predicted molar refractivity (Wildman–Crippen MR) is 58.8 cm³/mol. The van der Waals surface area contributed by atoms with Gasteiger partial charge in [-0.1, -0.05) is 46.5 Å². The molecule has 0 rings (SSSR count). The lowest BCUT2D eigenvalue weighted by Gasteiger charge is -2.13. The fourth-order valence-corrected chi connectivity index (χ4v) is 1.46. The van der Waals surface area contributed by atoms with Crippen molar-refractivity contribution in [3.63, 3.8) is 0 Å². The number of unbranched alkanes of at least 4 members (excludes halogenated alkanes) is 2. The molecule has 0 fully saturated rings. The summed E-state index contributed by atoms with van der Waals surface area (Å²) in [6.07, 6.45) is 8.09. The lowest BCUT2D eigenvalue weighted by molar-refractivity contribution is 0.142. The highest BCUT2D eigenvalue weighted by molar-refractivity contribution is 4.59. The van der Waals surface area contributed by atoms with Crippen LogP contribution in [0.25, 0.3) is 0 Å². The zero-order valence-electron chi connectivity index (χ0n) is 9.55. The van der Waals surface area contributed by atoms with Crippen LogP contribution in [0.3, 0.4) is 0 Å². The maximum atomic E-state index is 9.62. The third kappa shape index (κ3) is 8.29. The second-order valence-electron chi connectivity index (χ2n) is 4.24. The molecule has 13 heavy (non-hydrogen) atoms. The van der Waals surface area contributed by atoms with Gasteiger partial charge in [-0.3, -0.25) is 0 Å². The van der Waals surface area contributed by atoms with Crippen LogP contribution in [0.1, 0.15) is 65.7 Å². The first-order valence-electron chi connectivity index (χ1n) is 5.88. The molecular formula is C12H26O. The molecule has 0 heterocycles. The highest BCUT2D eigenvalue weighted by Crippen LogP contribution is 2.14. The Labute approximate surface area is 83.5 Å². The molecule has 0 saturated heterocycles. The van der Waals surface area contributed by atoms with Gasteiger partial charge in [0.05, 0.1) is 6.10 Å². The van der Waals surface area contributed by atoms with Gasteiger partial charge >= 0.3 is 0 Å². The lowest BCUT2D eigenvalue weighted by Crippen LogP contribution is -2.08. The van der Waals surface area contributed by atoms with E-state index < -0.39 is 0 Å². The zero-order chi connectivity index (χ0) is 10.1. The van der Waals surface area contributed by atoms with E-state index in [2.05, 4.69) is 20.8 Å². The molecule has 0 amide bonds. The van der Waals surface area contributed by atoms with Crippen LogP contribution in [0.15, 0.2) is 0 Å². The fraction of sp³-hybridized carbons (Fsp3) is 1.00. The van der Waals surface area contributed by atoms with Gasteiger partial charge in [0, 0.05) is 0 Å². The van der Waals surface area contributed by atoms with Gasteiger partial charge in [0.25, 0.3) is 0 Å². The monoisotopic (exact) mass is 186 g/mol. The Morgan fingerprint density at radius 2 is 1.69 bits per heavy atom. The SMILES string of the molecule is CCCCCC(O)CCC(C)CC. The van der Waals surface area contributed by atoms with Crippen LogP contribution in [0.2, 0.25) is 0 Å². The van der Waals surface area contributed by atoms with Gasteiger partial charge in [0.15, 0.2) is 0 Å². The van der Waals surface area contributed by atoms with E-state index in [0.717, 1.165) is 18.8 Å². The fourth-order valence-electron chi connectivity index (χ4n) is 1.46. The van der Waals surface area contributed by atoms with E-state index in [1.165, 1.54) is 32.1 Å². The molecule has 0 aliphatic carbocycles. The van der Waals surface area contributed by atoms with Crippen molar-refractivity contribution in [2.75, 3.05) is 0 Å².